The molecule has 106 valence electrons. The second kappa shape index (κ2) is 7.09. The zero-order valence-electron chi connectivity index (χ0n) is 11.4. The molecule has 0 aromatic heterocycles. The van der Waals surface area contributed by atoms with Crippen LogP contribution in [-0.4, -0.2) is 24.7 Å². The summed E-state index contributed by atoms with van der Waals surface area (Å²) in [6.45, 7) is 4.53. The molecule has 5 heteroatoms. The van der Waals surface area contributed by atoms with E-state index >= 15 is 0 Å². The van der Waals surface area contributed by atoms with E-state index in [1.165, 1.54) is 13.2 Å². The van der Waals surface area contributed by atoms with E-state index in [1.807, 2.05) is 13.8 Å². The number of aliphatic carboxylic acids is 1. The number of nitrogens with one attached hydrogen (secondary N) is 1. The van der Waals surface area contributed by atoms with Gasteiger partial charge in [-0.25, -0.2) is 4.39 Å². The van der Waals surface area contributed by atoms with E-state index in [9.17, 15) is 9.18 Å². The SMILES string of the molecule is COc1ccc(CNCC(C(=O)O)C(C)C)cc1F. The summed E-state index contributed by atoms with van der Waals surface area (Å²) in [5.74, 6) is -1.42. The lowest BCUT2D eigenvalue weighted by atomic mass is 9.96. The summed E-state index contributed by atoms with van der Waals surface area (Å²) in [5.41, 5.74) is 0.756. The van der Waals surface area contributed by atoms with Gasteiger partial charge in [0.05, 0.1) is 13.0 Å². The van der Waals surface area contributed by atoms with E-state index in [2.05, 4.69) is 5.32 Å². The molecule has 0 radical (unpaired) electrons. The minimum Gasteiger partial charge on any atom is -0.494 e. The second-order valence-corrected chi connectivity index (χ2v) is 4.79. The first-order chi connectivity index (χ1) is 8.95. The minimum absolute atomic E-state index is 0.0533. The molecule has 1 atom stereocenters. The van der Waals surface area contributed by atoms with Crippen LogP contribution >= 0.6 is 0 Å². The van der Waals surface area contributed by atoms with Gasteiger partial charge in [-0.2, -0.15) is 0 Å². The molecule has 1 rings (SSSR count). The standard InChI is InChI=1S/C14H20FNO3/c1-9(2)11(14(17)18)8-16-7-10-4-5-13(19-3)12(15)6-10/h4-6,9,11,16H,7-8H2,1-3H3,(H,17,18). The second-order valence-electron chi connectivity index (χ2n) is 4.79. The van der Waals surface area contributed by atoms with E-state index in [-0.39, 0.29) is 11.7 Å². The molecule has 0 saturated heterocycles. The molecule has 0 fully saturated rings. The highest BCUT2D eigenvalue weighted by atomic mass is 19.1. The first-order valence-electron chi connectivity index (χ1n) is 6.21. The average Bonchev–Trinajstić information content (AvgIpc) is 2.33. The third kappa shape index (κ3) is 4.52. The highest BCUT2D eigenvalue weighted by Gasteiger charge is 2.20. The Hall–Kier alpha value is -1.62. The maximum atomic E-state index is 13.4. The summed E-state index contributed by atoms with van der Waals surface area (Å²) in [4.78, 5) is 11.0. The van der Waals surface area contributed by atoms with Gasteiger partial charge in [-0.3, -0.25) is 4.79 Å². The first-order valence-corrected chi connectivity index (χ1v) is 6.21. The van der Waals surface area contributed by atoms with E-state index in [4.69, 9.17) is 9.84 Å². The number of hydrogen-bond donors (Lipinski definition) is 2. The number of carboxylic acids is 1. The molecule has 0 heterocycles. The molecular formula is C14H20FNO3. The van der Waals surface area contributed by atoms with Crippen LogP contribution in [0.15, 0.2) is 18.2 Å². The zero-order valence-corrected chi connectivity index (χ0v) is 11.4. The fourth-order valence-electron chi connectivity index (χ4n) is 1.80. The van der Waals surface area contributed by atoms with Crippen molar-refractivity contribution in [3.05, 3.63) is 29.6 Å². The Morgan fingerprint density at radius 3 is 2.63 bits per heavy atom. The lowest BCUT2D eigenvalue weighted by Crippen LogP contribution is -2.31. The lowest BCUT2D eigenvalue weighted by Gasteiger charge is -2.16. The van der Waals surface area contributed by atoms with Crippen molar-refractivity contribution < 1.29 is 19.0 Å². The van der Waals surface area contributed by atoms with Crippen LogP contribution in [0, 0.1) is 17.7 Å². The normalized spacial score (nSPS) is 12.5. The van der Waals surface area contributed by atoms with Crippen LogP contribution in [0.4, 0.5) is 4.39 Å². The summed E-state index contributed by atoms with van der Waals surface area (Å²) in [6.07, 6.45) is 0. The largest absolute Gasteiger partial charge is 0.494 e. The van der Waals surface area contributed by atoms with Crippen LogP contribution in [0.1, 0.15) is 19.4 Å². The maximum Gasteiger partial charge on any atom is 0.308 e. The Balaban J connectivity index is 2.53. The fourth-order valence-corrected chi connectivity index (χ4v) is 1.80. The molecule has 0 spiro atoms. The van der Waals surface area contributed by atoms with Crippen LogP contribution in [0.2, 0.25) is 0 Å². The number of methoxy groups -OCH3 is 1. The zero-order chi connectivity index (χ0) is 14.4. The van der Waals surface area contributed by atoms with Crippen LogP contribution in [0.3, 0.4) is 0 Å². The number of carboxylic acid groups (broad SMARTS) is 1. The van der Waals surface area contributed by atoms with Crippen molar-refractivity contribution in [1.82, 2.24) is 5.32 Å². The molecule has 19 heavy (non-hydrogen) atoms. The molecule has 0 aliphatic rings. The predicted octanol–water partition coefficient (Wildman–Crippen LogP) is 2.28. The number of benzene rings is 1. The smallest absolute Gasteiger partial charge is 0.308 e. The van der Waals surface area contributed by atoms with Gasteiger partial charge < -0.3 is 15.2 Å². The van der Waals surface area contributed by atoms with Gasteiger partial charge in [-0.15, -0.1) is 0 Å². The lowest BCUT2D eigenvalue weighted by molar-refractivity contribution is -0.143. The van der Waals surface area contributed by atoms with Crippen molar-refractivity contribution in [2.45, 2.75) is 20.4 Å². The van der Waals surface area contributed by atoms with Gasteiger partial charge in [-0.05, 0) is 23.6 Å². The van der Waals surface area contributed by atoms with Crippen molar-refractivity contribution in [2.75, 3.05) is 13.7 Å². The number of halogens is 1. The molecule has 0 bridgehead atoms. The molecule has 0 aliphatic carbocycles. The van der Waals surface area contributed by atoms with Gasteiger partial charge in [0.1, 0.15) is 0 Å². The molecule has 0 amide bonds. The molecule has 1 aromatic carbocycles. The predicted molar refractivity (Wildman–Crippen MR) is 70.6 cm³/mol. The van der Waals surface area contributed by atoms with E-state index < -0.39 is 17.7 Å². The summed E-state index contributed by atoms with van der Waals surface area (Å²) in [5, 5.41) is 12.1. The highest BCUT2D eigenvalue weighted by Crippen LogP contribution is 2.17. The van der Waals surface area contributed by atoms with Gasteiger partial charge in [0.15, 0.2) is 11.6 Å². The Morgan fingerprint density at radius 1 is 1.47 bits per heavy atom. The molecule has 1 aromatic rings. The van der Waals surface area contributed by atoms with Crippen molar-refractivity contribution in [3.8, 4) is 5.75 Å². The Labute approximate surface area is 112 Å². The Kier molecular flexibility index (Phi) is 5.76. The van der Waals surface area contributed by atoms with Crippen molar-refractivity contribution in [2.24, 2.45) is 11.8 Å². The van der Waals surface area contributed by atoms with Gasteiger partial charge in [0.25, 0.3) is 0 Å². The molecule has 4 nitrogen and oxygen atoms in total. The van der Waals surface area contributed by atoms with Crippen molar-refractivity contribution >= 4 is 5.97 Å². The minimum atomic E-state index is -0.816. The maximum absolute atomic E-state index is 13.4. The molecule has 1 unspecified atom stereocenters. The van der Waals surface area contributed by atoms with Crippen LogP contribution < -0.4 is 10.1 Å². The van der Waals surface area contributed by atoms with Crippen LogP contribution in [0.25, 0.3) is 0 Å². The monoisotopic (exact) mass is 269 g/mol. The fraction of sp³-hybridized carbons (Fsp3) is 0.500. The third-order valence-corrected chi connectivity index (χ3v) is 3.03. The summed E-state index contributed by atoms with van der Waals surface area (Å²) in [7, 11) is 1.41. The van der Waals surface area contributed by atoms with Gasteiger partial charge >= 0.3 is 5.97 Å². The Morgan fingerprint density at radius 2 is 2.16 bits per heavy atom. The van der Waals surface area contributed by atoms with Crippen molar-refractivity contribution in [1.29, 1.82) is 0 Å². The summed E-state index contributed by atoms with van der Waals surface area (Å²) >= 11 is 0. The molecule has 2 N–H and O–H groups in total. The van der Waals surface area contributed by atoms with Crippen molar-refractivity contribution in [3.63, 3.8) is 0 Å². The number of rotatable bonds is 7. The molecular weight excluding hydrogens is 249 g/mol. The van der Waals surface area contributed by atoms with Crippen LogP contribution in [0.5, 0.6) is 5.75 Å². The highest BCUT2D eigenvalue weighted by molar-refractivity contribution is 5.70. The quantitative estimate of drug-likeness (QED) is 0.797. The third-order valence-electron chi connectivity index (χ3n) is 3.03. The first kappa shape index (κ1) is 15.4. The number of carbonyl (C=O) groups is 1. The number of ether oxygens (including phenoxy) is 1. The summed E-state index contributed by atoms with van der Waals surface area (Å²) < 4.78 is 18.3. The van der Waals surface area contributed by atoms with E-state index in [0.717, 1.165) is 5.56 Å². The summed E-state index contributed by atoms with van der Waals surface area (Å²) in [6, 6.07) is 4.69. The topological polar surface area (TPSA) is 58.6 Å². The molecule has 0 saturated carbocycles. The van der Waals surface area contributed by atoms with E-state index in [0.29, 0.717) is 13.1 Å². The van der Waals surface area contributed by atoms with Gasteiger partial charge in [0, 0.05) is 13.1 Å². The van der Waals surface area contributed by atoms with E-state index in [1.54, 1.807) is 12.1 Å². The average molecular weight is 269 g/mol. The Bertz CT molecular complexity index is 435. The van der Waals surface area contributed by atoms with Gasteiger partial charge in [-0.1, -0.05) is 19.9 Å². The van der Waals surface area contributed by atoms with Gasteiger partial charge in [0.2, 0.25) is 0 Å². The molecule has 0 aliphatic heterocycles. The van der Waals surface area contributed by atoms with Crippen LogP contribution in [-0.2, 0) is 11.3 Å². The number of hydrogen-bond acceptors (Lipinski definition) is 3.